The average molecular weight is 242 g/mol. The minimum atomic E-state index is -0.822. The van der Waals surface area contributed by atoms with Crippen LogP contribution in [0, 0.1) is 0 Å². The van der Waals surface area contributed by atoms with E-state index in [1.165, 1.54) is 0 Å². The van der Waals surface area contributed by atoms with E-state index in [0.717, 1.165) is 12.0 Å². The number of aliphatic hydroxyl groups is 1. The Labute approximate surface area is 100 Å². The van der Waals surface area contributed by atoms with E-state index in [4.69, 9.17) is 22.1 Å². The van der Waals surface area contributed by atoms with Crippen molar-refractivity contribution in [1.29, 1.82) is 0 Å². The van der Waals surface area contributed by atoms with Gasteiger partial charge in [-0.25, -0.2) is 0 Å². The van der Waals surface area contributed by atoms with Crippen LogP contribution in [-0.4, -0.2) is 18.3 Å². The van der Waals surface area contributed by atoms with E-state index in [-0.39, 0.29) is 6.04 Å². The molecule has 16 heavy (non-hydrogen) atoms. The molecule has 88 valence electrons. The summed E-state index contributed by atoms with van der Waals surface area (Å²) in [4.78, 5) is 0. The Kier molecular flexibility index (Phi) is 3.10. The molecule has 0 bridgehead atoms. The summed E-state index contributed by atoms with van der Waals surface area (Å²) in [6, 6.07) is 5.45. The lowest BCUT2D eigenvalue weighted by molar-refractivity contribution is 0.0429. The first kappa shape index (κ1) is 11.7. The lowest BCUT2D eigenvalue weighted by atomic mass is 9.92. The smallest absolute Gasteiger partial charge is 0.137 e. The van der Waals surface area contributed by atoms with Crippen LogP contribution in [0.1, 0.15) is 24.8 Å². The molecule has 2 rings (SSSR count). The Hall–Kier alpha value is -0.770. The maximum absolute atomic E-state index is 10.5. The van der Waals surface area contributed by atoms with E-state index in [1.54, 1.807) is 19.2 Å². The zero-order chi connectivity index (χ0) is 11.8. The van der Waals surface area contributed by atoms with Gasteiger partial charge in [0.2, 0.25) is 0 Å². The van der Waals surface area contributed by atoms with Crippen LogP contribution < -0.4 is 10.5 Å². The third kappa shape index (κ3) is 2.03. The van der Waals surface area contributed by atoms with E-state index < -0.39 is 5.60 Å². The summed E-state index contributed by atoms with van der Waals surface area (Å²) in [6.45, 7) is 0. The third-order valence-corrected chi connectivity index (χ3v) is 3.53. The molecule has 1 aliphatic carbocycles. The molecule has 0 amide bonds. The van der Waals surface area contributed by atoms with Gasteiger partial charge in [0.25, 0.3) is 0 Å². The molecule has 2 atom stereocenters. The van der Waals surface area contributed by atoms with Gasteiger partial charge in [-0.2, -0.15) is 0 Å². The van der Waals surface area contributed by atoms with Crippen molar-refractivity contribution in [3.05, 3.63) is 28.8 Å². The molecule has 3 N–H and O–H groups in total. The van der Waals surface area contributed by atoms with E-state index >= 15 is 0 Å². The third-order valence-electron chi connectivity index (χ3n) is 3.22. The second-order valence-electron chi connectivity index (χ2n) is 4.38. The van der Waals surface area contributed by atoms with Crippen LogP contribution in [0.5, 0.6) is 5.75 Å². The standard InChI is InChI=1S/C12H16ClNO2/c1-16-11-6-8(2-3-10(11)13)12(15)5-4-9(14)7-12/h2-3,6,9,15H,4-5,7,14H2,1H3. The summed E-state index contributed by atoms with van der Waals surface area (Å²) in [5, 5.41) is 11.0. The fourth-order valence-electron chi connectivity index (χ4n) is 2.27. The Morgan fingerprint density at radius 1 is 1.56 bits per heavy atom. The molecule has 1 aromatic carbocycles. The summed E-state index contributed by atoms with van der Waals surface area (Å²) in [6.07, 6.45) is 2.14. The van der Waals surface area contributed by atoms with E-state index in [2.05, 4.69) is 0 Å². The molecule has 1 fully saturated rings. The van der Waals surface area contributed by atoms with Gasteiger partial charge in [0.15, 0.2) is 0 Å². The van der Waals surface area contributed by atoms with Crippen molar-refractivity contribution in [2.24, 2.45) is 5.73 Å². The predicted octanol–water partition coefficient (Wildman–Crippen LogP) is 2.05. The van der Waals surface area contributed by atoms with Crippen LogP contribution in [0.25, 0.3) is 0 Å². The fourth-order valence-corrected chi connectivity index (χ4v) is 2.47. The monoisotopic (exact) mass is 241 g/mol. The molecule has 0 radical (unpaired) electrons. The summed E-state index contributed by atoms with van der Waals surface area (Å²) in [5.41, 5.74) is 5.84. The maximum atomic E-state index is 10.5. The number of nitrogens with two attached hydrogens (primary N) is 1. The van der Waals surface area contributed by atoms with Gasteiger partial charge in [0, 0.05) is 6.04 Å². The van der Waals surface area contributed by atoms with Crippen LogP contribution in [0.3, 0.4) is 0 Å². The van der Waals surface area contributed by atoms with E-state index in [9.17, 15) is 5.11 Å². The number of halogens is 1. The zero-order valence-corrected chi connectivity index (χ0v) is 10.00. The molecule has 4 heteroatoms. The quantitative estimate of drug-likeness (QED) is 0.833. The van der Waals surface area contributed by atoms with Crippen LogP contribution in [0.2, 0.25) is 5.02 Å². The highest BCUT2D eigenvalue weighted by Gasteiger charge is 2.37. The van der Waals surface area contributed by atoms with Crippen molar-refractivity contribution in [3.8, 4) is 5.75 Å². The topological polar surface area (TPSA) is 55.5 Å². The molecular weight excluding hydrogens is 226 g/mol. The Balaban J connectivity index is 2.33. The number of methoxy groups -OCH3 is 1. The van der Waals surface area contributed by atoms with Gasteiger partial charge >= 0.3 is 0 Å². The minimum Gasteiger partial charge on any atom is -0.495 e. The first-order valence-corrected chi connectivity index (χ1v) is 5.75. The first-order valence-electron chi connectivity index (χ1n) is 5.37. The van der Waals surface area contributed by atoms with Crippen LogP contribution in [-0.2, 0) is 5.60 Å². The summed E-state index contributed by atoms with van der Waals surface area (Å²) < 4.78 is 5.14. The second-order valence-corrected chi connectivity index (χ2v) is 4.79. The molecule has 1 aromatic rings. The summed E-state index contributed by atoms with van der Waals surface area (Å²) in [7, 11) is 1.56. The first-order chi connectivity index (χ1) is 7.55. The van der Waals surface area contributed by atoms with E-state index in [1.807, 2.05) is 6.07 Å². The summed E-state index contributed by atoms with van der Waals surface area (Å²) >= 11 is 5.95. The van der Waals surface area contributed by atoms with Crippen molar-refractivity contribution in [3.63, 3.8) is 0 Å². The molecule has 1 saturated carbocycles. The number of rotatable bonds is 2. The Morgan fingerprint density at radius 2 is 2.31 bits per heavy atom. The molecule has 3 nitrogen and oxygen atoms in total. The summed E-state index contributed by atoms with van der Waals surface area (Å²) in [5.74, 6) is 0.591. The number of hydrogen-bond acceptors (Lipinski definition) is 3. The van der Waals surface area contributed by atoms with E-state index in [0.29, 0.717) is 23.6 Å². The lowest BCUT2D eigenvalue weighted by Crippen LogP contribution is -2.25. The molecule has 0 spiro atoms. The second kappa shape index (κ2) is 4.24. The van der Waals surface area contributed by atoms with Gasteiger partial charge in [0.1, 0.15) is 5.75 Å². The highest BCUT2D eigenvalue weighted by atomic mass is 35.5. The SMILES string of the molecule is COc1cc(C2(O)CCC(N)C2)ccc1Cl. The molecule has 1 aliphatic rings. The number of ether oxygens (including phenoxy) is 1. The van der Waals surface area contributed by atoms with Crippen molar-refractivity contribution < 1.29 is 9.84 Å². The fraction of sp³-hybridized carbons (Fsp3) is 0.500. The van der Waals surface area contributed by atoms with Gasteiger partial charge in [-0.1, -0.05) is 17.7 Å². The highest BCUT2D eigenvalue weighted by Crippen LogP contribution is 2.40. The van der Waals surface area contributed by atoms with Gasteiger partial charge in [-0.3, -0.25) is 0 Å². The average Bonchev–Trinajstić information content (AvgIpc) is 2.60. The van der Waals surface area contributed by atoms with Crippen molar-refractivity contribution in [1.82, 2.24) is 0 Å². The van der Waals surface area contributed by atoms with Gasteiger partial charge in [0.05, 0.1) is 17.7 Å². The van der Waals surface area contributed by atoms with Gasteiger partial charge in [-0.15, -0.1) is 0 Å². The highest BCUT2D eigenvalue weighted by molar-refractivity contribution is 6.32. The van der Waals surface area contributed by atoms with Gasteiger partial charge < -0.3 is 15.6 Å². The van der Waals surface area contributed by atoms with Crippen LogP contribution >= 0.6 is 11.6 Å². The van der Waals surface area contributed by atoms with Crippen molar-refractivity contribution in [2.75, 3.05) is 7.11 Å². The van der Waals surface area contributed by atoms with Crippen molar-refractivity contribution >= 4 is 11.6 Å². The largest absolute Gasteiger partial charge is 0.495 e. The molecule has 0 heterocycles. The van der Waals surface area contributed by atoms with Crippen LogP contribution in [0.15, 0.2) is 18.2 Å². The number of benzene rings is 1. The molecule has 2 unspecified atom stereocenters. The maximum Gasteiger partial charge on any atom is 0.137 e. The normalized spacial score (nSPS) is 29.4. The van der Waals surface area contributed by atoms with Crippen molar-refractivity contribution in [2.45, 2.75) is 30.9 Å². The number of hydrogen-bond donors (Lipinski definition) is 2. The minimum absolute atomic E-state index is 0.0756. The molecular formula is C12H16ClNO2. The molecule has 0 aromatic heterocycles. The zero-order valence-electron chi connectivity index (χ0n) is 9.24. The molecule has 0 aliphatic heterocycles. The lowest BCUT2D eigenvalue weighted by Gasteiger charge is -2.23. The van der Waals surface area contributed by atoms with Crippen LogP contribution in [0.4, 0.5) is 0 Å². The Bertz CT molecular complexity index is 397. The van der Waals surface area contributed by atoms with Gasteiger partial charge in [-0.05, 0) is 37.0 Å². The Morgan fingerprint density at radius 3 is 2.88 bits per heavy atom. The molecule has 0 saturated heterocycles. The predicted molar refractivity (Wildman–Crippen MR) is 63.7 cm³/mol.